The zero-order valence-electron chi connectivity index (χ0n) is 11.2. The van der Waals surface area contributed by atoms with E-state index in [2.05, 4.69) is 46.6 Å². The summed E-state index contributed by atoms with van der Waals surface area (Å²) in [6.07, 6.45) is 0. The van der Waals surface area contributed by atoms with E-state index in [1.165, 1.54) is 4.88 Å². The van der Waals surface area contributed by atoms with Crippen LogP contribution in [-0.2, 0) is 5.41 Å². The minimum atomic E-state index is 0.0495. The monoisotopic (exact) mass is 323 g/mol. The summed E-state index contributed by atoms with van der Waals surface area (Å²) in [4.78, 5) is 10.8. The Balaban J connectivity index is 1.85. The van der Waals surface area contributed by atoms with Gasteiger partial charge in [0.05, 0.1) is 5.39 Å². The first-order valence-corrected chi connectivity index (χ1v) is 8.38. The van der Waals surface area contributed by atoms with Crippen LogP contribution in [0.2, 0.25) is 5.28 Å². The quantitative estimate of drug-likeness (QED) is 0.701. The van der Waals surface area contributed by atoms with Crippen molar-refractivity contribution in [3.63, 3.8) is 0 Å². The largest absolute Gasteiger partial charge is 0.368 e. The third-order valence-corrected chi connectivity index (χ3v) is 5.40. The molecule has 3 rings (SSSR count). The van der Waals surface area contributed by atoms with Gasteiger partial charge in [-0.2, -0.15) is 0 Å². The van der Waals surface area contributed by atoms with Crippen molar-refractivity contribution in [2.24, 2.45) is 0 Å². The van der Waals surface area contributed by atoms with Gasteiger partial charge in [-0.1, -0.05) is 19.9 Å². The molecule has 0 aromatic carbocycles. The third kappa shape index (κ3) is 2.66. The summed E-state index contributed by atoms with van der Waals surface area (Å²) >= 11 is 9.33. The second-order valence-electron chi connectivity index (χ2n) is 5.20. The minimum absolute atomic E-state index is 0.0495. The Morgan fingerprint density at radius 3 is 2.80 bits per heavy atom. The number of hydrogen-bond donors (Lipinski definition) is 1. The molecule has 104 valence electrons. The average Bonchev–Trinajstić information content (AvgIpc) is 3.06. The zero-order valence-corrected chi connectivity index (χ0v) is 13.6. The molecule has 0 aliphatic rings. The summed E-state index contributed by atoms with van der Waals surface area (Å²) in [6, 6.07) is 6.27. The van der Waals surface area contributed by atoms with Crippen LogP contribution in [0, 0.1) is 0 Å². The first-order chi connectivity index (χ1) is 9.56. The lowest BCUT2D eigenvalue weighted by Crippen LogP contribution is -2.27. The van der Waals surface area contributed by atoms with E-state index in [1.807, 2.05) is 11.4 Å². The van der Waals surface area contributed by atoms with Crippen LogP contribution in [0.4, 0.5) is 5.82 Å². The van der Waals surface area contributed by atoms with Gasteiger partial charge in [0.15, 0.2) is 0 Å². The van der Waals surface area contributed by atoms with Crippen LogP contribution in [0.1, 0.15) is 18.7 Å². The van der Waals surface area contributed by atoms with E-state index in [9.17, 15) is 0 Å². The first-order valence-electron chi connectivity index (χ1n) is 6.25. The average molecular weight is 324 g/mol. The van der Waals surface area contributed by atoms with Gasteiger partial charge in [-0.05, 0) is 34.5 Å². The molecular weight excluding hydrogens is 310 g/mol. The molecule has 3 nitrogen and oxygen atoms in total. The lowest BCUT2D eigenvalue weighted by atomic mass is 9.91. The van der Waals surface area contributed by atoms with Crippen LogP contribution in [0.15, 0.2) is 29.0 Å². The highest BCUT2D eigenvalue weighted by atomic mass is 35.5. The molecule has 0 saturated heterocycles. The van der Waals surface area contributed by atoms with E-state index in [1.54, 1.807) is 22.7 Å². The Morgan fingerprint density at radius 1 is 1.20 bits per heavy atom. The number of hydrogen-bond acceptors (Lipinski definition) is 5. The fourth-order valence-electron chi connectivity index (χ4n) is 2.02. The number of nitrogens with one attached hydrogen (secondary N) is 1. The van der Waals surface area contributed by atoms with Crippen molar-refractivity contribution < 1.29 is 0 Å². The van der Waals surface area contributed by atoms with Crippen molar-refractivity contribution in [3.05, 3.63) is 39.1 Å². The van der Waals surface area contributed by atoms with Crippen molar-refractivity contribution in [2.75, 3.05) is 11.9 Å². The van der Waals surface area contributed by atoms with E-state index in [-0.39, 0.29) is 10.7 Å². The molecule has 0 spiro atoms. The standard InChI is InChI=1S/C14H14ClN3S2/c1-14(2,10-4-3-6-19-10)8-16-11-9-5-7-20-12(9)18-13(15)17-11/h3-7H,8H2,1-2H3,(H,16,17,18). The maximum atomic E-state index is 5.98. The number of anilines is 1. The Labute approximate surface area is 130 Å². The van der Waals surface area contributed by atoms with Gasteiger partial charge >= 0.3 is 0 Å². The van der Waals surface area contributed by atoms with E-state index < -0.39 is 0 Å². The van der Waals surface area contributed by atoms with Crippen LogP contribution in [0.5, 0.6) is 0 Å². The van der Waals surface area contributed by atoms with E-state index in [0.29, 0.717) is 0 Å². The number of halogens is 1. The van der Waals surface area contributed by atoms with Crippen LogP contribution in [-0.4, -0.2) is 16.5 Å². The van der Waals surface area contributed by atoms with Gasteiger partial charge < -0.3 is 5.32 Å². The third-order valence-electron chi connectivity index (χ3n) is 3.18. The van der Waals surface area contributed by atoms with E-state index in [4.69, 9.17) is 11.6 Å². The number of fused-ring (bicyclic) bond motifs is 1. The minimum Gasteiger partial charge on any atom is -0.368 e. The van der Waals surface area contributed by atoms with Crippen molar-refractivity contribution in [3.8, 4) is 0 Å². The van der Waals surface area contributed by atoms with Crippen molar-refractivity contribution in [2.45, 2.75) is 19.3 Å². The van der Waals surface area contributed by atoms with Gasteiger partial charge in [-0.25, -0.2) is 9.97 Å². The second-order valence-corrected chi connectivity index (χ2v) is 7.38. The highest BCUT2D eigenvalue weighted by Crippen LogP contribution is 2.30. The lowest BCUT2D eigenvalue weighted by Gasteiger charge is -2.24. The molecule has 0 amide bonds. The fraction of sp³-hybridized carbons (Fsp3) is 0.286. The predicted octanol–water partition coefficient (Wildman–Crippen LogP) is 4.80. The van der Waals surface area contributed by atoms with Gasteiger partial charge in [0.1, 0.15) is 10.6 Å². The number of aromatic nitrogens is 2. The number of thiophene rings is 2. The van der Waals surface area contributed by atoms with Gasteiger partial charge in [0.2, 0.25) is 5.28 Å². The molecule has 0 aliphatic heterocycles. The van der Waals surface area contributed by atoms with Crippen LogP contribution >= 0.6 is 34.3 Å². The topological polar surface area (TPSA) is 37.8 Å². The molecule has 0 atom stereocenters. The molecule has 20 heavy (non-hydrogen) atoms. The lowest BCUT2D eigenvalue weighted by molar-refractivity contribution is 0.568. The van der Waals surface area contributed by atoms with Crippen LogP contribution in [0.25, 0.3) is 10.2 Å². The molecular formula is C14H14ClN3S2. The smallest absolute Gasteiger partial charge is 0.225 e. The Morgan fingerprint density at radius 2 is 2.05 bits per heavy atom. The summed E-state index contributed by atoms with van der Waals surface area (Å²) in [5, 5.41) is 8.85. The van der Waals surface area contributed by atoms with Gasteiger partial charge in [0.25, 0.3) is 0 Å². The van der Waals surface area contributed by atoms with Crippen molar-refractivity contribution in [1.29, 1.82) is 0 Å². The van der Waals surface area contributed by atoms with Gasteiger partial charge in [-0.15, -0.1) is 22.7 Å². The van der Waals surface area contributed by atoms with Crippen molar-refractivity contribution in [1.82, 2.24) is 9.97 Å². The maximum Gasteiger partial charge on any atom is 0.225 e. The molecule has 3 heterocycles. The summed E-state index contributed by atoms with van der Waals surface area (Å²) in [5.74, 6) is 0.811. The molecule has 0 unspecified atom stereocenters. The van der Waals surface area contributed by atoms with E-state index in [0.717, 1.165) is 22.6 Å². The van der Waals surface area contributed by atoms with Gasteiger partial charge in [-0.3, -0.25) is 0 Å². The first kappa shape index (κ1) is 13.8. The fourth-order valence-corrected chi connectivity index (χ4v) is 3.85. The SMILES string of the molecule is CC(C)(CNc1nc(Cl)nc2sccc12)c1cccs1. The van der Waals surface area contributed by atoms with Crippen LogP contribution in [0.3, 0.4) is 0 Å². The normalized spacial score (nSPS) is 11.9. The molecule has 0 bridgehead atoms. The highest BCUT2D eigenvalue weighted by molar-refractivity contribution is 7.16. The Hall–Kier alpha value is -1.17. The molecule has 3 aromatic rings. The van der Waals surface area contributed by atoms with Crippen molar-refractivity contribution >= 4 is 50.3 Å². The predicted molar refractivity (Wildman–Crippen MR) is 88.3 cm³/mol. The molecule has 3 aromatic heterocycles. The van der Waals surface area contributed by atoms with Crippen LogP contribution < -0.4 is 5.32 Å². The highest BCUT2D eigenvalue weighted by Gasteiger charge is 2.22. The second kappa shape index (κ2) is 5.31. The molecule has 0 saturated carbocycles. The molecule has 0 radical (unpaired) electrons. The summed E-state index contributed by atoms with van der Waals surface area (Å²) < 4.78 is 0. The summed E-state index contributed by atoms with van der Waals surface area (Å²) in [5.41, 5.74) is 0.0495. The molecule has 0 aliphatic carbocycles. The number of rotatable bonds is 4. The molecule has 6 heteroatoms. The Bertz CT molecular complexity index is 719. The maximum absolute atomic E-state index is 5.98. The Kier molecular flexibility index (Phi) is 3.67. The summed E-state index contributed by atoms with van der Waals surface area (Å²) in [7, 11) is 0. The molecule has 0 fully saturated rings. The van der Waals surface area contributed by atoms with E-state index >= 15 is 0 Å². The van der Waals surface area contributed by atoms with Gasteiger partial charge in [0, 0.05) is 16.8 Å². The molecule has 1 N–H and O–H groups in total. The summed E-state index contributed by atoms with van der Waals surface area (Å²) in [6.45, 7) is 5.24. The zero-order chi connectivity index (χ0) is 14.2. The number of nitrogens with zero attached hydrogens (tertiary/aromatic N) is 2.